The highest BCUT2D eigenvalue weighted by Gasteiger charge is 2.21. The molecule has 0 fully saturated rings. The van der Waals surface area contributed by atoms with E-state index in [1.54, 1.807) is 11.8 Å². The molecule has 0 bridgehead atoms. The molecule has 2 aromatic rings. The summed E-state index contributed by atoms with van der Waals surface area (Å²) in [5.74, 6) is 7.56. The van der Waals surface area contributed by atoms with Crippen LogP contribution in [0.2, 0.25) is 5.02 Å². The number of rotatable bonds is 5. The first kappa shape index (κ1) is 14.7. The number of nitrogens with two attached hydrogens (primary N) is 1. The maximum Gasteiger partial charge on any atom is 0.127 e. The number of hydrogen-bond acceptors (Lipinski definition) is 4. The van der Waals surface area contributed by atoms with Crippen molar-refractivity contribution in [3.05, 3.63) is 58.6 Å². The summed E-state index contributed by atoms with van der Waals surface area (Å²) >= 11 is 7.74. The summed E-state index contributed by atoms with van der Waals surface area (Å²) < 4.78 is 5.76. The first-order chi connectivity index (χ1) is 10.3. The average Bonchev–Trinajstić information content (AvgIpc) is 2.97. The van der Waals surface area contributed by atoms with Crippen LogP contribution in [0.5, 0.6) is 5.75 Å². The van der Waals surface area contributed by atoms with E-state index in [1.807, 2.05) is 18.2 Å². The minimum absolute atomic E-state index is 0.0435. The highest BCUT2D eigenvalue weighted by atomic mass is 35.5. The molecule has 0 amide bonds. The maximum absolute atomic E-state index is 6.01. The van der Waals surface area contributed by atoms with Gasteiger partial charge in [-0.2, -0.15) is 0 Å². The molecule has 2 aromatic carbocycles. The summed E-state index contributed by atoms with van der Waals surface area (Å²) in [6, 6.07) is 14.2. The fourth-order valence-electron chi connectivity index (χ4n) is 2.48. The summed E-state index contributed by atoms with van der Waals surface area (Å²) in [7, 11) is 0. The fourth-order valence-corrected chi connectivity index (χ4v) is 3.75. The number of para-hydroxylation sites is 1. The number of fused-ring (bicyclic) bond motifs is 1. The van der Waals surface area contributed by atoms with Gasteiger partial charge in [0.05, 0.1) is 12.6 Å². The molecule has 1 aliphatic heterocycles. The molecule has 5 heteroatoms. The van der Waals surface area contributed by atoms with Crippen LogP contribution in [0, 0.1) is 0 Å². The van der Waals surface area contributed by atoms with Crippen molar-refractivity contribution in [1.82, 2.24) is 5.43 Å². The predicted octanol–water partition coefficient (Wildman–Crippen LogP) is 3.57. The van der Waals surface area contributed by atoms with Crippen LogP contribution in [0.4, 0.5) is 0 Å². The van der Waals surface area contributed by atoms with Gasteiger partial charge >= 0.3 is 0 Å². The van der Waals surface area contributed by atoms with E-state index in [2.05, 4.69) is 29.7 Å². The largest absolute Gasteiger partial charge is 0.493 e. The van der Waals surface area contributed by atoms with E-state index in [9.17, 15) is 0 Å². The minimum Gasteiger partial charge on any atom is -0.493 e. The normalized spacial score (nSPS) is 14.6. The lowest BCUT2D eigenvalue weighted by atomic mass is 10.0. The zero-order chi connectivity index (χ0) is 14.7. The average molecular weight is 321 g/mol. The van der Waals surface area contributed by atoms with E-state index in [-0.39, 0.29) is 6.04 Å². The van der Waals surface area contributed by atoms with Crippen LogP contribution in [-0.2, 0) is 6.42 Å². The van der Waals surface area contributed by atoms with E-state index in [1.165, 1.54) is 5.56 Å². The smallest absolute Gasteiger partial charge is 0.127 e. The lowest BCUT2D eigenvalue weighted by Gasteiger charge is -2.18. The second-order valence-corrected chi connectivity index (χ2v) is 6.45. The molecule has 0 saturated heterocycles. The molecule has 0 aromatic heterocycles. The van der Waals surface area contributed by atoms with Crippen LogP contribution in [0.1, 0.15) is 17.2 Å². The van der Waals surface area contributed by atoms with E-state index < -0.39 is 0 Å². The van der Waals surface area contributed by atoms with E-state index in [4.69, 9.17) is 22.2 Å². The molecular weight excluding hydrogens is 304 g/mol. The van der Waals surface area contributed by atoms with Crippen LogP contribution in [0.3, 0.4) is 0 Å². The molecule has 3 nitrogen and oxygen atoms in total. The van der Waals surface area contributed by atoms with Crippen LogP contribution < -0.4 is 16.0 Å². The molecular formula is C16H17ClN2OS. The van der Waals surface area contributed by atoms with Crippen molar-refractivity contribution in [2.75, 3.05) is 12.4 Å². The molecule has 0 radical (unpaired) electrons. The molecule has 1 aliphatic rings. The third-order valence-corrected chi connectivity index (χ3v) is 4.86. The number of nitrogens with one attached hydrogen (secondary N) is 1. The summed E-state index contributed by atoms with van der Waals surface area (Å²) in [6.07, 6.45) is 0.974. The Hall–Kier alpha value is -1.20. The van der Waals surface area contributed by atoms with E-state index in [0.717, 1.165) is 40.0 Å². The molecule has 110 valence electrons. The Kier molecular flexibility index (Phi) is 4.70. The molecule has 3 N–H and O–H groups in total. The Morgan fingerprint density at radius 2 is 2.14 bits per heavy atom. The van der Waals surface area contributed by atoms with Crippen molar-refractivity contribution in [2.24, 2.45) is 5.84 Å². The Balaban J connectivity index is 1.75. The van der Waals surface area contributed by atoms with E-state index >= 15 is 0 Å². The Bertz CT molecular complexity index is 635. The van der Waals surface area contributed by atoms with Crippen molar-refractivity contribution in [3.8, 4) is 5.75 Å². The predicted molar refractivity (Wildman–Crippen MR) is 87.9 cm³/mol. The van der Waals surface area contributed by atoms with Gasteiger partial charge < -0.3 is 4.74 Å². The molecule has 1 heterocycles. The first-order valence-corrected chi connectivity index (χ1v) is 8.23. The van der Waals surface area contributed by atoms with Gasteiger partial charge in [-0.1, -0.05) is 35.9 Å². The van der Waals surface area contributed by atoms with Gasteiger partial charge in [0, 0.05) is 27.7 Å². The number of hydrogen-bond donors (Lipinski definition) is 2. The van der Waals surface area contributed by atoms with Crippen molar-refractivity contribution in [1.29, 1.82) is 0 Å². The Labute approximate surface area is 133 Å². The molecule has 0 spiro atoms. The zero-order valence-electron chi connectivity index (χ0n) is 11.5. The standard InChI is InChI=1S/C16H17ClN2OS/c17-12-4-2-5-13(9-12)21-10-15(19-18)14-6-1-3-11-7-8-20-16(11)14/h1-6,9,15,19H,7-8,10,18H2. The summed E-state index contributed by atoms with van der Waals surface area (Å²) in [6.45, 7) is 0.755. The fraction of sp³-hybridized carbons (Fsp3) is 0.250. The number of hydrazine groups is 1. The number of benzene rings is 2. The van der Waals surface area contributed by atoms with Crippen molar-refractivity contribution >= 4 is 23.4 Å². The molecule has 0 saturated carbocycles. The van der Waals surface area contributed by atoms with Gasteiger partial charge in [0.15, 0.2) is 0 Å². The van der Waals surface area contributed by atoms with E-state index in [0.29, 0.717) is 0 Å². The van der Waals surface area contributed by atoms with Crippen molar-refractivity contribution in [3.63, 3.8) is 0 Å². The van der Waals surface area contributed by atoms with Gasteiger partial charge in [0.2, 0.25) is 0 Å². The third-order valence-electron chi connectivity index (χ3n) is 3.53. The lowest BCUT2D eigenvalue weighted by molar-refractivity contribution is 0.350. The zero-order valence-corrected chi connectivity index (χ0v) is 13.1. The first-order valence-electron chi connectivity index (χ1n) is 6.87. The quantitative estimate of drug-likeness (QED) is 0.502. The molecule has 1 unspecified atom stereocenters. The van der Waals surface area contributed by atoms with Crippen molar-refractivity contribution in [2.45, 2.75) is 17.4 Å². The topological polar surface area (TPSA) is 47.3 Å². The summed E-state index contributed by atoms with van der Waals surface area (Å²) in [4.78, 5) is 1.14. The monoisotopic (exact) mass is 320 g/mol. The lowest BCUT2D eigenvalue weighted by Crippen LogP contribution is -2.30. The number of halogens is 1. The molecule has 1 atom stereocenters. The second-order valence-electron chi connectivity index (χ2n) is 4.92. The van der Waals surface area contributed by atoms with Gasteiger partial charge in [-0.25, -0.2) is 0 Å². The van der Waals surface area contributed by atoms with Gasteiger partial charge in [-0.3, -0.25) is 11.3 Å². The van der Waals surface area contributed by atoms with Crippen molar-refractivity contribution < 1.29 is 4.74 Å². The van der Waals surface area contributed by atoms with Gasteiger partial charge in [0.25, 0.3) is 0 Å². The highest BCUT2D eigenvalue weighted by molar-refractivity contribution is 7.99. The molecule has 0 aliphatic carbocycles. The Morgan fingerprint density at radius 1 is 1.29 bits per heavy atom. The van der Waals surface area contributed by atoms with Crippen LogP contribution in [0.25, 0.3) is 0 Å². The SMILES string of the molecule is NNC(CSc1cccc(Cl)c1)c1cccc2c1OCC2. The number of ether oxygens (including phenoxy) is 1. The molecule has 3 rings (SSSR count). The van der Waals surface area contributed by atoms with Gasteiger partial charge in [0.1, 0.15) is 5.75 Å². The molecule has 21 heavy (non-hydrogen) atoms. The Morgan fingerprint density at radius 3 is 2.95 bits per heavy atom. The van der Waals surface area contributed by atoms with Crippen LogP contribution in [-0.4, -0.2) is 12.4 Å². The second kappa shape index (κ2) is 6.71. The highest BCUT2D eigenvalue weighted by Crippen LogP contribution is 2.35. The minimum atomic E-state index is 0.0435. The third kappa shape index (κ3) is 3.35. The summed E-state index contributed by atoms with van der Waals surface area (Å²) in [5.41, 5.74) is 5.29. The van der Waals surface area contributed by atoms with Gasteiger partial charge in [-0.05, 0) is 23.8 Å². The maximum atomic E-state index is 6.01. The number of thioether (sulfide) groups is 1. The van der Waals surface area contributed by atoms with Crippen LogP contribution >= 0.6 is 23.4 Å². The van der Waals surface area contributed by atoms with Gasteiger partial charge in [-0.15, -0.1) is 11.8 Å². The summed E-state index contributed by atoms with van der Waals surface area (Å²) in [5, 5.41) is 0.751. The van der Waals surface area contributed by atoms with Crippen LogP contribution in [0.15, 0.2) is 47.4 Å².